The lowest BCUT2D eigenvalue weighted by molar-refractivity contribution is -0.573. The van der Waals surface area contributed by atoms with Crippen LogP contribution in [0.3, 0.4) is 0 Å². The van der Waals surface area contributed by atoms with E-state index in [0.29, 0.717) is 43.4 Å². The number of aliphatic hydroxyl groups is 2. The summed E-state index contributed by atoms with van der Waals surface area (Å²) in [6, 6.07) is 18.8. The number of anilines is 1. The van der Waals surface area contributed by atoms with Crippen molar-refractivity contribution in [2.24, 2.45) is 47.3 Å². The lowest BCUT2D eigenvalue weighted by Gasteiger charge is -2.44. The summed E-state index contributed by atoms with van der Waals surface area (Å²) in [6.07, 6.45) is 7.05. The zero-order valence-electron chi connectivity index (χ0n) is 83.8. The number of fused-ring (bicyclic) bond motifs is 9. The summed E-state index contributed by atoms with van der Waals surface area (Å²) < 4.78 is 54.6. The normalized spacial score (nSPS) is 23.6. The summed E-state index contributed by atoms with van der Waals surface area (Å²) in [5.41, 5.74) is 2.07. The number of aromatic amines is 1. The molecule has 3 saturated heterocycles. The molecule has 26 nitrogen and oxygen atoms in total. The van der Waals surface area contributed by atoms with Crippen LogP contribution in [0.4, 0.5) is 5.69 Å². The van der Waals surface area contributed by atoms with Crippen LogP contribution in [0.1, 0.15) is 250 Å². The van der Waals surface area contributed by atoms with Gasteiger partial charge < -0.3 is 83.2 Å². The van der Waals surface area contributed by atoms with Crippen LogP contribution in [0.25, 0.3) is 21.7 Å². The van der Waals surface area contributed by atoms with E-state index in [0.717, 1.165) is 87.2 Å². The van der Waals surface area contributed by atoms with E-state index < -0.39 is 83.8 Å². The van der Waals surface area contributed by atoms with Crippen LogP contribution in [0.5, 0.6) is 17.2 Å². The second-order valence-corrected chi connectivity index (χ2v) is 40.8. The van der Waals surface area contributed by atoms with E-state index in [9.17, 15) is 43.8 Å². The van der Waals surface area contributed by atoms with Crippen molar-refractivity contribution in [3.63, 3.8) is 0 Å². The van der Waals surface area contributed by atoms with Gasteiger partial charge in [0.05, 0.1) is 74.9 Å². The number of pyridine rings is 1. The molecule has 0 radical (unpaired) electrons. The summed E-state index contributed by atoms with van der Waals surface area (Å²) in [5, 5.41) is 30.5. The van der Waals surface area contributed by atoms with Crippen molar-refractivity contribution in [1.29, 1.82) is 0 Å². The first-order chi connectivity index (χ1) is 61.4. The van der Waals surface area contributed by atoms with Crippen molar-refractivity contribution < 1.29 is 91.0 Å². The van der Waals surface area contributed by atoms with Gasteiger partial charge in [-0.2, -0.15) is 0 Å². The first kappa shape index (κ1) is 113. The Labute approximate surface area is 798 Å². The molecule has 5 N–H and O–H groups in total. The van der Waals surface area contributed by atoms with E-state index in [4.69, 9.17) is 65.8 Å². The molecule has 10 rings (SSSR count). The van der Waals surface area contributed by atoms with Gasteiger partial charge in [0, 0.05) is 124 Å². The number of hydrogen-bond acceptors (Lipinski definition) is 21. The number of epoxide rings is 1. The molecule has 18 atom stereocenters. The minimum atomic E-state index is -1.51. The number of hydrogen-bond donors (Lipinski definition) is 5. The highest BCUT2D eigenvalue weighted by atomic mass is 35.5. The molecular formula is C104H161Cl2N8O18+. The number of H-pyrrole nitrogens is 1. The molecule has 0 spiro atoms. The maximum absolute atomic E-state index is 14.4. The Morgan fingerprint density at radius 1 is 0.856 bits per heavy atom. The molecule has 0 saturated carbocycles. The maximum atomic E-state index is 14.4. The average molecular weight is 1880 g/mol. The van der Waals surface area contributed by atoms with E-state index in [-0.39, 0.29) is 145 Å². The number of Topliss-reactive ketones (excluding diaryl/α,β-unsaturated/α-hetero) is 2. The van der Waals surface area contributed by atoms with Crippen LogP contribution < -0.4 is 34.3 Å². The summed E-state index contributed by atoms with van der Waals surface area (Å²) >= 11 is 13.0. The van der Waals surface area contributed by atoms with E-state index in [1.807, 2.05) is 134 Å². The van der Waals surface area contributed by atoms with Gasteiger partial charge >= 0.3 is 17.0 Å². The number of esters is 1. The summed E-state index contributed by atoms with van der Waals surface area (Å²) in [5.74, 6) is 0.950. The average Bonchev–Trinajstić information content (AvgIpc) is 1.57. The summed E-state index contributed by atoms with van der Waals surface area (Å²) in [7, 11) is 11.6. The zero-order valence-corrected chi connectivity index (χ0v) is 85.3. The molecular weight excluding hydrogens is 1720 g/mol. The minimum absolute atomic E-state index is 0. The number of alkyl halides is 1. The smallest absolute Gasteiger partial charge is 0.397 e. The van der Waals surface area contributed by atoms with Crippen molar-refractivity contribution in [2.45, 2.75) is 313 Å². The van der Waals surface area contributed by atoms with Crippen LogP contribution in [0.15, 0.2) is 103 Å². The number of carbonyl (C=O) groups is 7. The molecule has 738 valence electrons. The molecule has 5 aliphatic rings. The van der Waals surface area contributed by atoms with Crippen molar-refractivity contribution >= 4 is 91.7 Å². The third-order valence-electron chi connectivity index (χ3n) is 26.0. The lowest BCUT2D eigenvalue weighted by atomic mass is 9.83. The van der Waals surface area contributed by atoms with Gasteiger partial charge in [-0.05, 0) is 191 Å². The number of nitrogens with one attached hydrogen (secondary N) is 3. The number of aromatic nitrogens is 2. The molecule has 5 aromatic rings. The van der Waals surface area contributed by atoms with Crippen LogP contribution in [0, 0.1) is 47.3 Å². The van der Waals surface area contributed by atoms with Gasteiger partial charge in [0.15, 0.2) is 23.6 Å². The van der Waals surface area contributed by atoms with Crippen LogP contribution in [-0.2, 0) is 58.8 Å². The molecule has 3 fully saturated rings. The van der Waals surface area contributed by atoms with Crippen molar-refractivity contribution in [1.82, 2.24) is 30.3 Å². The second kappa shape index (κ2) is 49.6. The number of carbonyl (C=O) groups excluding carboxylic acids is 7. The van der Waals surface area contributed by atoms with Crippen molar-refractivity contribution in [3.05, 3.63) is 125 Å². The number of allylic oxidation sites excluding steroid dienone is 3. The quantitative estimate of drug-likeness (QED) is 0.00878. The predicted molar refractivity (Wildman–Crippen MR) is 525 cm³/mol. The Morgan fingerprint density at radius 2 is 1.52 bits per heavy atom. The number of aliphatic hydroxyl groups excluding tert-OH is 1. The number of ether oxygens (including phenoxy) is 9. The summed E-state index contributed by atoms with van der Waals surface area (Å²) in [4.78, 5) is 107. The van der Waals surface area contributed by atoms with E-state index in [2.05, 4.69) is 115 Å². The Bertz CT molecular complexity index is 4740. The fourth-order valence-corrected chi connectivity index (χ4v) is 18.8. The molecule has 5 aliphatic heterocycles. The number of benzene rings is 3. The fourth-order valence-electron chi connectivity index (χ4n) is 18.3. The topological polar surface area (TPSA) is 303 Å². The molecule has 2 aromatic heterocycles. The predicted octanol–water partition coefficient (Wildman–Crippen LogP) is 17.6. The minimum Gasteiger partial charge on any atom is -0.494 e. The summed E-state index contributed by atoms with van der Waals surface area (Å²) in [6.45, 7) is 49.9. The van der Waals surface area contributed by atoms with E-state index in [1.54, 1.807) is 65.4 Å². The van der Waals surface area contributed by atoms with Crippen LogP contribution in [0.2, 0.25) is 5.15 Å². The Morgan fingerprint density at radius 3 is 2.08 bits per heavy atom. The number of halogens is 2. The third kappa shape index (κ3) is 28.8. The van der Waals surface area contributed by atoms with Gasteiger partial charge in [0.1, 0.15) is 58.9 Å². The first-order valence-electron chi connectivity index (χ1n) is 47.0. The van der Waals surface area contributed by atoms with Crippen LogP contribution >= 0.6 is 23.2 Å². The molecule has 3 unspecified atom stereocenters. The highest BCUT2D eigenvalue weighted by molar-refractivity contribution is 6.30. The number of rotatable bonds is 32. The number of nitrogens with zero attached hydrogens (tertiary/aromatic N) is 5. The highest BCUT2D eigenvalue weighted by Gasteiger charge is 2.65. The van der Waals surface area contributed by atoms with Gasteiger partial charge in [-0.25, -0.2) is 4.79 Å². The van der Waals surface area contributed by atoms with Gasteiger partial charge in [-0.1, -0.05) is 152 Å². The third-order valence-corrected chi connectivity index (χ3v) is 26.8. The fraction of sp³-hybridized carbons (Fsp3) is 0.654. The van der Waals surface area contributed by atoms with E-state index >= 15 is 0 Å². The molecule has 0 aliphatic carbocycles. The molecule has 132 heavy (non-hydrogen) atoms. The molecule has 28 heteroatoms. The standard InChI is InChI=1S/C40H75N3O7.C30H41ClN3O8.C29H31ClN2O3.C4H10.CH4/c1-17-26(6)37(41(13)39(48)30(24(2)3)22-33(46)36(25(4)5)42(14)40(10,11)12)34(49-15)23-35(47)43-20-18-19-31(43)38(50-16)28(8)32(45)21-27(7)29(9)44;1-17-9-8-10-23(39-7)30(37)14-22(40-19(3)33-30)18(2)27-29(4,42-27)24(41-26(36)15-32-5)13-25(35)34-16-20(11-17)12-21(38-6)28(34)31;1-5-12-34-20-10-11-23-18(13-20)14-24(31-23)28(33)32-17-19(16-30)27-22-9-7-6-8-21(22)26(15-25(27)32)35-29(2,3)4;1-4(2)3;/h24-31,34,36-38,44H,17-23H2,1-16H3;8-10,12,16,18,22-24,27,32-33,37H,3,11,13-15H2,1-2,4-7H3;6-11,13-15,19,31H,5,12,16-17H2,1-4H3;4H,1-3H3;1H4/q;+1;;;/b;10-8+,17-9+;;;/t26-,27-,28-,29-,30-,31-,34?,36-,37-,38?;18-,22+,23-,24+,27?,29+,30+;19-;;/m011../s1. The number of likely N-dealkylation sites (N-methyl/N-ethyl adjacent to an activating group) is 3. The zero-order chi connectivity index (χ0) is 98.0. The highest BCUT2D eigenvalue weighted by Crippen LogP contribution is 2.51. The molecule has 4 bridgehead atoms. The Kier molecular flexibility index (Phi) is 42.4. The molecule has 7 heterocycles. The maximum Gasteiger partial charge on any atom is 0.397 e. The van der Waals surface area contributed by atoms with Crippen LogP contribution in [-0.4, -0.2) is 236 Å². The van der Waals surface area contributed by atoms with Gasteiger partial charge in [0.2, 0.25) is 17.6 Å². The van der Waals surface area contributed by atoms with E-state index in [1.165, 1.54) is 18.8 Å². The van der Waals surface area contributed by atoms with Gasteiger partial charge in [-0.3, -0.25) is 33.7 Å². The largest absolute Gasteiger partial charge is 0.494 e. The molecule has 3 aromatic carbocycles. The number of likely N-dealkylation sites (tertiary alicyclic amines) is 1. The first-order valence-corrected chi connectivity index (χ1v) is 47.9. The lowest BCUT2D eigenvalue weighted by Crippen LogP contribution is -2.60. The number of amides is 3. The van der Waals surface area contributed by atoms with Crippen molar-refractivity contribution in [3.8, 4) is 17.2 Å². The Balaban J connectivity index is 0.000000300. The molecule has 3 amide bonds. The second-order valence-electron chi connectivity index (χ2n) is 40.1. The SMILES string of the molecule is C.C=C1N[C@]2(O)C[C@H](O1)[C@@H](C)C1O[C@@]1(C)[C@@H](OC(=O)CNC)CC(=O)[n+]1cc(cc(OC)c1Cl)C/C(C)=C/C=C/[C@H]2OC.CC(C)C.CCCOc1ccc2[nH]c(C(=O)N3C[C@@H](CCl)c4c3cc(OC(C)(C)C)c3ccccc43)cc2c1.CC[C@H](C)[C@@H](C(CC(=O)N1CCC[C@H]1C(OC)[C@@H](C)C(=O)C[C@H](C)[C@H](C)O)OC)N(C)C(=O)[C@@H](CC(=O)[C@H](C(C)C)N(C)C(C)(C)C)C(C)C. The monoisotopic (exact) mass is 1880 g/mol. The van der Waals surface area contributed by atoms with Gasteiger partial charge in [-0.15, -0.1) is 16.2 Å². The number of ketones is 2. The Hall–Kier alpha value is -8.02. The van der Waals surface area contributed by atoms with Gasteiger partial charge in [0.25, 0.3) is 5.91 Å². The van der Waals surface area contributed by atoms with Crippen molar-refractivity contribution in [2.75, 3.05) is 86.6 Å². The number of methoxy groups -OCH3 is 4.